The molecule has 0 aliphatic heterocycles. The molecule has 3 rings (SSSR count). The number of nitrogens with one attached hydrogen (secondary N) is 1. The monoisotopic (exact) mass is 369 g/mol. The number of methoxy groups -OCH3 is 2. The minimum absolute atomic E-state index is 0.523. The van der Waals surface area contributed by atoms with E-state index in [1.165, 1.54) is 0 Å². The lowest BCUT2D eigenvalue weighted by Crippen LogP contribution is -2.01. The minimum Gasteiger partial charge on any atom is -0.493 e. The Bertz CT molecular complexity index is 851. The van der Waals surface area contributed by atoms with E-state index in [9.17, 15) is 0 Å². The molecule has 0 aliphatic carbocycles. The fraction of sp³-hybridized carbons (Fsp3) is 0.143. The third-order valence-electron chi connectivity index (χ3n) is 3.82. The van der Waals surface area contributed by atoms with Crippen LogP contribution in [-0.2, 0) is 6.54 Å². The first-order valence-corrected chi connectivity index (χ1v) is 8.54. The average Bonchev–Trinajstić information content (AvgIpc) is 2.67. The number of para-hydroxylation sites is 1. The zero-order valence-electron chi connectivity index (χ0n) is 14.7. The second-order valence-corrected chi connectivity index (χ2v) is 6.01. The molecule has 0 unspecified atom stereocenters. The van der Waals surface area contributed by atoms with Crippen LogP contribution in [-0.4, -0.2) is 14.2 Å². The SMILES string of the molecule is COc1cc(CNc2ccc(Oc3ccccc3)cc2)cc(Cl)c1OC. The van der Waals surface area contributed by atoms with Crippen molar-refractivity contribution >= 4 is 17.3 Å². The van der Waals surface area contributed by atoms with Crippen molar-refractivity contribution in [1.29, 1.82) is 0 Å². The molecule has 4 nitrogen and oxygen atoms in total. The van der Waals surface area contributed by atoms with Gasteiger partial charge in [0, 0.05) is 12.2 Å². The van der Waals surface area contributed by atoms with Gasteiger partial charge in [-0.25, -0.2) is 0 Å². The Kier molecular flexibility index (Phi) is 5.87. The fourth-order valence-electron chi connectivity index (χ4n) is 2.54. The standard InChI is InChI=1S/C21H20ClNO3/c1-24-20-13-15(12-19(22)21(20)25-2)14-23-16-8-10-18(11-9-16)26-17-6-4-3-5-7-17/h3-13,23H,14H2,1-2H3. The molecule has 0 fully saturated rings. The van der Waals surface area contributed by atoms with Crippen LogP contribution < -0.4 is 19.5 Å². The van der Waals surface area contributed by atoms with Crippen LogP contribution in [0.4, 0.5) is 5.69 Å². The van der Waals surface area contributed by atoms with Crippen LogP contribution in [0, 0.1) is 0 Å². The van der Waals surface area contributed by atoms with E-state index in [0.717, 1.165) is 22.7 Å². The summed E-state index contributed by atoms with van der Waals surface area (Å²) in [5.41, 5.74) is 1.98. The molecule has 0 atom stereocenters. The number of ether oxygens (including phenoxy) is 3. The Morgan fingerprint density at radius 3 is 2.19 bits per heavy atom. The molecule has 3 aromatic carbocycles. The van der Waals surface area contributed by atoms with E-state index >= 15 is 0 Å². The molecule has 5 heteroatoms. The van der Waals surface area contributed by atoms with E-state index < -0.39 is 0 Å². The molecule has 0 saturated carbocycles. The van der Waals surface area contributed by atoms with Crippen LogP contribution in [0.15, 0.2) is 66.7 Å². The maximum atomic E-state index is 6.24. The number of halogens is 1. The predicted molar refractivity (Wildman–Crippen MR) is 105 cm³/mol. The van der Waals surface area contributed by atoms with Crippen molar-refractivity contribution in [3.63, 3.8) is 0 Å². The zero-order chi connectivity index (χ0) is 18.4. The van der Waals surface area contributed by atoms with Crippen LogP contribution in [0.25, 0.3) is 0 Å². The molecule has 0 heterocycles. The molecule has 1 N–H and O–H groups in total. The van der Waals surface area contributed by atoms with Crippen molar-refractivity contribution in [2.75, 3.05) is 19.5 Å². The van der Waals surface area contributed by atoms with Gasteiger partial charge in [-0.15, -0.1) is 0 Å². The van der Waals surface area contributed by atoms with E-state index in [2.05, 4.69) is 5.32 Å². The highest BCUT2D eigenvalue weighted by Gasteiger charge is 2.10. The summed E-state index contributed by atoms with van der Waals surface area (Å²) >= 11 is 6.24. The van der Waals surface area contributed by atoms with Crippen LogP contribution in [0.2, 0.25) is 5.02 Å². The summed E-state index contributed by atoms with van der Waals surface area (Å²) in [4.78, 5) is 0. The number of rotatable bonds is 7. The summed E-state index contributed by atoms with van der Waals surface area (Å²) < 4.78 is 16.4. The highest BCUT2D eigenvalue weighted by molar-refractivity contribution is 6.32. The quantitative estimate of drug-likeness (QED) is 0.574. The molecule has 0 bridgehead atoms. The molecule has 0 saturated heterocycles. The Labute approximate surface area is 158 Å². The molecule has 0 amide bonds. The third-order valence-corrected chi connectivity index (χ3v) is 4.10. The van der Waals surface area contributed by atoms with Crippen LogP contribution in [0.5, 0.6) is 23.0 Å². The molecule has 134 valence electrons. The van der Waals surface area contributed by atoms with Gasteiger partial charge in [0.05, 0.1) is 19.2 Å². The van der Waals surface area contributed by atoms with E-state index in [-0.39, 0.29) is 0 Å². The van der Waals surface area contributed by atoms with Crippen molar-refractivity contribution in [3.8, 4) is 23.0 Å². The van der Waals surface area contributed by atoms with Gasteiger partial charge in [-0.2, -0.15) is 0 Å². The van der Waals surface area contributed by atoms with Crippen molar-refractivity contribution in [2.45, 2.75) is 6.54 Å². The lowest BCUT2D eigenvalue weighted by molar-refractivity contribution is 0.355. The van der Waals surface area contributed by atoms with Crippen molar-refractivity contribution in [3.05, 3.63) is 77.3 Å². The van der Waals surface area contributed by atoms with Crippen molar-refractivity contribution in [1.82, 2.24) is 0 Å². The zero-order valence-corrected chi connectivity index (χ0v) is 15.4. The molecule has 0 spiro atoms. The average molecular weight is 370 g/mol. The van der Waals surface area contributed by atoms with Gasteiger partial charge < -0.3 is 19.5 Å². The summed E-state index contributed by atoms with van der Waals surface area (Å²) in [5, 5.41) is 3.88. The molecule has 0 aliphatic rings. The summed E-state index contributed by atoms with van der Waals surface area (Å²) in [6, 6.07) is 21.3. The summed E-state index contributed by atoms with van der Waals surface area (Å²) in [7, 11) is 3.16. The Balaban J connectivity index is 1.64. The number of anilines is 1. The summed E-state index contributed by atoms with van der Waals surface area (Å²) in [5.74, 6) is 2.76. The van der Waals surface area contributed by atoms with Gasteiger partial charge in [0.2, 0.25) is 0 Å². The van der Waals surface area contributed by atoms with Gasteiger partial charge in [0.15, 0.2) is 11.5 Å². The van der Waals surface area contributed by atoms with Gasteiger partial charge in [-0.3, -0.25) is 0 Å². The fourth-order valence-corrected chi connectivity index (χ4v) is 2.85. The van der Waals surface area contributed by atoms with Gasteiger partial charge in [0.1, 0.15) is 11.5 Å². The summed E-state index contributed by atoms with van der Waals surface area (Å²) in [6.07, 6.45) is 0. The third kappa shape index (κ3) is 4.41. The van der Waals surface area contributed by atoms with Crippen LogP contribution >= 0.6 is 11.6 Å². The van der Waals surface area contributed by atoms with Gasteiger partial charge in [-0.05, 0) is 54.1 Å². The predicted octanol–water partition coefficient (Wildman–Crippen LogP) is 5.76. The molecular formula is C21H20ClNO3. The Morgan fingerprint density at radius 1 is 0.846 bits per heavy atom. The van der Waals surface area contributed by atoms with Crippen LogP contribution in [0.1, 0.15) is 5.56 Å². The second-order valence-electron chi connectivity index (χ2n) is 5.61. The lowest BCUT2D eigenvalue weighted by Gasteiger charge is -2.13. The largest absolute Gasteiger partial charge is 0.493 e. The van der Waals surface area contributed by atoms with Gasteiger partial charge >= 0.3 is 0 Å². The van der Waals surface area contributed by atoms with Crippen molar-refractivity contribution < 1.29 is 14.2 Å². The maximum Gasteiger partial charge on any atom is 0.179 e. The second kappa shape index (κ2) is 8.50. The van der Waals surface area contributed by atoms with Gasteiger partial charge in [-0.1, -0.05) is 29.8 Å². The van der Waals surface area contributed by atoms with E-state index in [0.29, 0.717) is 23.1 Å². The molecule has 3 aromatic rings. The lowest BCUT2D eigenvalue weighted by atomic mass is 10.2. The first-order valence-electron chi connectivity index (χ1n) is 8.17. The number of benzene rings is 3. The Morgan fingerprint density at radius 2 is 1.54 bits per heavy atom. The first kappa shape index (κ1) is 18.0. The maximum absolute atomic E-state index is 6.24. The summed E-state index contributed by atoms with van der Waals surface area (Å²) in [6.45, 7) is 0.610. The number of hydrogen-bond donors (Lipinski definition) is 1. The number of hydrogen-bond acceptors (Lipinski definition) is 4. The van der Waals surface area contributed by atoms with E-state index in [4.69, 9.17) is 25.8 Å². The molecule has 0 aromatic heterocycles. The van der Waals surface area contributed by atoms with Gasteiger partial charge in [0.25, 0.3) is 0 Å². The topological polar surface area (TPSA) is 39.7 Å². The normalized spacial score (nSPS) is 10.3. The molecular weight excluding hydrogens is 350 g/mol. The van der Waals surface area contributed by atoms with E-state index in [1.54, 1.807) is 14.2 Å². The van der Waals surface area contributed by atoms with Crippen LogP contribution in [0.3, 0.4) is 0 Å². The molecule has 26 heavy (non-hydrogen) atoms. The first-order chi connectivity index (χ1) is 12.7. The van der Waals surface area contributed by atoms with E-state index in [1.807, 2.05) is 66.7 Å². The highest BCUT2D eigenvalue weighted by Crippen LogP contribution is 2.36. The van der Waals surface area contributed by atoms with Crippen molar-refractivity contribution in [2.24, 2.45) is 0 Å². The smallest absolute Gasteiger partial charge is 0.179 e. The highest BCUT2D eigenvalue weighted by atomic mass is 35.5. The Hall–Kier alpha value is -2.85. The molecule has 0 radical (unpaired) electrons. The minimum atomic E-state index is 0.523.